The van der Waals surface area contributed by atoms with Gasteiger partial charge in [-0.05, 0) is 35.7 Å². The van der Waals surface area contributed by atoms with E-state index in [0.29, 0.717) is 17.0 Å². The van der Waals surface area contributed by atoms with Crippen LogP contribution < -0.4 is 5.73 Å². The normalized spacial score (nSPS) is 12.4. The third kappa shape index (κ3) is 2.86. The summed E-state index contributed by atoms with van der Waals surface area (Å²) in [6.07, 6.45) is 0.477. The standard InChI is InChI=1S/C14H12ClF2N/c15-11-4-2-1-3-9(11)8-14(18)10-5-6-12(16)13(17)7-10/h1-7,14H,8,18H2. The predicted molar refractivity (Wildman–Crippen MR) is 68.4 cm³/mol. The molecule has 0 saturated carbocycles. The topological polar surface area (TPSA) is 26.0 Å². The first kappa shape index (κ1) is 13.0. The number of nitrogens with two attached hydrogens (primary N) is 1. The van der Waals surface area contributed by atoms with Crippen molar-refractivity contribution in [2.24, 2.45) is 5.73 Å². The zero-order valence-electron chi connectivity index (χ0n) is 9.54. The Labute approximate surface area is 109 Å². The summed E-state index contributed by atoms with van der Waals surface area (Å²) in [6, 6.07) is 10.6. The Bertz CT molecular complexity index is 557. The van der Waals surface area contributed by atoms with Gasteiger partial charge < -0.3 is 5.73 Å². The van der Waals surface area contributed by atoms with Crippen molar-refractivity contribution in [3.05, 3.63) is 70.2 Å². The van der Waals surface area contributed by atoms with Gasteiger partial charge in [-0.3, -0.25) is 0 Å². The Hall–Kier alpha value is -1.45. The summed E-state index contributed by atoms with van der Waals surface area (Å²) in [5.74, 6) is -1.76. The average Bonchev–Trinajstić information content (AvgIpc) is 2.35. The van der Waals surface area contributed by atoms with E-state index in [1.54, 1.807) is 6.07 Å². The van der Waals surface area contributed by atoms with Crippen LogP contribution in [0.3, 0.4) is 0 Å². The maximum atomic E-state index is 13.1. The molecule has 4 heteroatoms. The van der Waals surface area contributed by atoms with Gasteiger partial charge in [-0.2, -0.15) is 0 Å². The zero-order chi connectivity index (χ0) is 13.1. The van der Waals surface area contributed by atoms with Crippen molar-refractivity contribution < 1.29 is 8.78 Å². The molecule has 0 radical (unpaired) electrons. The number of benzene rings is 2. The molecule has 2 aromatic carbocycles. The van der Waals surface area contributed by atoms with E-state index in [1.165, 1.54) is 6.07 Å². The van der Waals surface area contributed by atoms with Crippen molar-refractivity contribution in [3.8, 4) is 0 Å². The molecule has 2 rings (SSSR count). The summed E-state index contributed by atoms with van der Waals surface area (Å²) in [7, 11) is 0. The third-order valence-corrected chi connectivity index (χ3v) is 3.14. The van der Waals surface area contributed by atoms with Crippen LogP contribution in [-0.4, -0.2) is 0 Å². The Balaban J connectivity index is 2.19. The quantitative estimate of drug-likeness (QED) is 0.898. The summed E-state index contributed by atoms with van der Waals surface area (Å²) >= 11 is 6.02. The molecule has 0 spiro atoms. The van der Waals surface area contributed by atoms with Gasteiger partial charge in [0, 0.05) is 11.1 Å². The molecule has 0 aliphatic carbocycles. The van der Waals surface area contributed by atoms with E-state index in [-0.39, 0.29) is 0 Å². The number of hydrogen-bond donors (Lipinski definition) is 1. The molecule has 94 valence electrons. The first-order valence-corrected chi connectivity index (χ1v) is 5.89. The van der Waals surface area contributed by atoms with E-state index < -0.39 is 17.7 Å². The molecule has 2 aromatic rings. The van der Waals surface area contributed by atoms with E-state index >= 15 is 0 Å². The van der Waals surface area contributed by atoms with Gasteiger partial charge in [0.25, 0.3) is 0 Å². The first-order valence-electron chi connectivity index (χ1n) is 5.52. The largest absolute Gasteiger partial charge is 0.324 e. The molecule has 0 saturated heterocycles. The Morgan fingerprint density at radius 3 is 2.44 bits per heavy atom. The highest BCUT2D eigenvalue weighted by Gasteiger charge is 2.11. The Morgan fingerprint density at radius 1 is 1.06 bits per heavy atom. The first-order chi connectivity index (χ1) is 8.58. The van der Waals surface area contributed by atoms with Crippen molar-refractivity contribution in [3.63, 3.8) is 0 Å². The minimum absolute atomic E-state index is 0.417. The van der Waals surface area contributed by atoms with Crippen molar-refractivity contribution >= 4 is 11.6 Å². The fraction of sp³-hybridized carbons (Fsp3) is 0.143. The van der Waals surface area contributed by atoms with E-state index in [0.717, 1.165) is 17.7 Å². The second-order valence-electron chi connectivity index (χ2n) is 4.08. The second-order valence-corrected chi connectivity index (χ2v) is 4.48. The maximum absolute atomic E-state index is 13.1. The number of rotatable bonds is 3. The average molecular weight is 268 g/mol. The summed E-state index contributed by atoms with van der Waals surface area (Å²) in [5, 5.41) is 0.621. The number of halogens is 3. The van der Waals surface area contributed by atoms with Gasteiger partial charge in [-0.25, -0.2) is 8.78 Å². The fourth-order valence-corrected chi connectivity index (χ4v) is 1.97. The molecule has 18 heavy (non-hydrogen) atoms. The van der Waals surface area contributed by atoms with Crippen LogP contribution in [0, 0.1) is 11.6 Å². The highest BCUT2D eigenvalue weighted by atomic mass is 35.5. The molecular weight excluding hydrogens is 256 g/mol. The third-order valence-electron chi connectivity index (χ3n) is 2.77. The van der Waals surface area contributed by atoms with E-state index in [2.05, 4.69) is 0 Å². The molecule has 1 unspecified atom stereocenters. The fourth-order valence-electron chi connectivity index (χ4n) is 1.76. The molecule has 2 N–H and O–H groups in total. The molecule has 0 amide bonds. The second kappa shape index (κ2) is 5.46. The number of hydrogen-bond acceptors (Lipinski definition) is 1. The lowest BCUT2D eigenvalue weighted by Crippen LogP contribution is -2.14. The summed E-state index contributed by atoms with van der Waals surface area (Å²) in [5.41, 5.74) is 7.40. The van der Waals surface area contributed by atoms with Gasteiger partial charge in [0.15, 0.2) is 11.6 Å². The SMILES string of the molecule is NC(Cc1ccccc1Cl)c1ccc(F)c(F)c1. The molecule has 0 fully saturated rings. The van der Waals surface area contributed by atoms with Crippen LogP contribution in [0.4, 0.5) is 8.78 Å². The summed E-state index contributed by atoms with van der Waals surface area (Å²) in [6.45, 7) is 0. The lowest BCUT2D eigenvalue weighted by molar-refractivity contribution is 0.505. The summed E-state index contributed by atoms with van der Waals surface area (Å²) < 4.78 is 25.9. The lowest BCUT2D eigenvalue weighted by atomic mass is 9.99. The predicted octanol–water partition coefficient (Wildman–Crippen LogP) is 3.86. The van der Waals surface area contributed by atoms with E-state index in [1.807, 2.05) is 18.2 Å². The highest BCUT2D eigenvalue weighted by molar-refractivity contribution is 6.31. The van der Waals surface area contributed by atoms with Crippen LogP contribution in [0.25, 0.3) is 0 Å². The van der Waals surface area contributed by atoms with Crippen LogP contribution in [0.5, 0.6) is 0 Å². The van der Waals surface area contributed by atoms with Crippen molar-refractivity contribution in [1.29, 1.82) is 0 Å². The Morgan fingerprint density at radius 2 is 1.78 bits per heavy atom. The van der Waals surface area contributed by atoms with Gasteiger partial charge in [0.2, 0.25) is 0 Å². The van der Waals surface area contributed by atoms with Crippen LogP contribution in [0.1, 0.15) is 17.2 Å². The summed E-state index contributed by atoms with van der Waals surface area (Å²) in [4.78, 5) is 0. The van der Waals surface area contributed by atoms with E-state index in [4.69, 9.17) is 17.3 Å². The Kier molecular flexibility index (Phi) is 3.94. The van der Waals surface area contributed by atoms with Crippen LogP contribution in [0.15, 0.2) is 42.5 Å². The van der Waals surface area contributed by atoms with E-state index in [9.17, 15) is 8.78 Å². The van der Waals surface area contributed by atoms with Gasteiger partial charge in [0.05, 0.1) is 0 Å². The molecular formula is C14H12ClF2N. The minimum Gasteiger partial charge on any atom is -0.324 e. The van der Waals surface area contributed by atoms with Crippen molar-refractivity contribution in [2.75, 3.05) is 0 Å². The van der Waals surface area contributed by atoms with Gasteiger partial charge >= 0.3 is 0 Å². The zero-order valence-corrected chi connectivity index (χ0v) is 10.3. The highest BCUT2D eigenvalue weighted by Crippen LogP contribution is 2.22. The smallest absolute Gasteiger partial charge is 0.159 e. The van der Waals surface area contributed by atoms with Crippen LogP contribution in [0.2, 0.25) is 5.02 Å². The van der Waals surface area contributed by atoms with Crippen LogP contribution >= 0.6 is 11.6 Å². The molecule has 1 atom stereocenters. The minimum atomic E-state index is -0.887. The van der Waals surface area contributed by atoms with Crippen molar-refractivity contribution in [1.82, 2.24) is 0 Å². The molecule has 0 aromatic heterocycles. The molecule has 0 heterocycles. The van der Waals surface area contributed by atoms with Gasteiger partial charge in [-0.15, -0.1) is 0 Å². The molecule has 0 aliphatic rings. The molecule has 0 aliphatic heterocycles. The maximum Gasteiger partial charge on any atom is 0.159 e. The lowest BCUT2D eigenvalue weighted by Gasteiger charge is -2.13. The molecule has 0 bridgehead atoms. The van der Waals surface area contributed by atoms with Crippen LogP contribution in [-0.2, 0) is 6.42 Å². The van der Waals surface area contributed by atoms with Gasteiger partial charge in [0.1, 0.15) is 0 Å². The monoisotopic (exact) mass is 267 g/mol. The molecule has 1 nitrogen and oxygen atoms in total. The van der Waals surface area contributed by atoms with Crippen molar-refractivity contribution in [2.45, 2.75) is 12.5 Å². The van der Waals surface area contributed by atoms with Gasteiger partial charge in [-0.1, -0.05) is 35.9 Å².